The molecule has 1 aromatic carbocycles. The summed E-state index contributed by atoms with van der Waals surface area (Å²) in [5.41, 5.74) is 1.18. The molecule has 1 saturated heterocycles. The minimum absolute atomic E-state index is 0.0751. The van der Waals surface area contributed by atoms with E-state index in [4.69, 9.17) is 9.47 Å². The molecule has 0 spiro atoms. The minimum atomic E-state index is 0.0751. The number of amides is 1. The van der Waals surface area contributed by atoms with E-state index in [1.54, 1.807) is 7.11 Å². The van der Waals surface area contributed by atoms with E-state index in [0.29, 0.717) is 19.5 Å². The number of methoxy groups -OCH3 is 1. The first-order valence-corrected chi connectivity index (χ1v) is 8.11. The molecule has 1 fully saturated rings. The molecule has 1 heterocycles. The smallest absolute Gasteiger partial charge is 0.221 e. The number of carbonyl (C=O) groups excluding carboxylic acids is 1. The first-order chi connectivity index (χ1) is 11.2. The van der Waals surface area contributed by atoms with Crippen LogP contribution >= 0.6 is 0 Å². The molecule has 1 aliphatic heterocycles. The summed E-state index contributed by atoms with van der Waals surface area (Å²) in [6, 6.07) is 8.22. The lowest BCUT2D eigenvalue weighted by Gasteiger charge is -2.35. The van der Waals surface area contributed by atoms with Crippen molar-refractivity contribution in [2.75, 3.05) is 53.6 Å². The van der Waals surface area contributed by atoms with Crippen molar-refractivity contribution in [1.29, 1.82) is 0 Å². The van der Waals surface area contributed by atoms with Gasteiger partial charge in [0.1, 0.15) is 5.75 Å². The Balaban J connectivity index is 2.02. The van der Waals surface area contributed by atoms with Gasteiger partial charge in [-0.25, -0.2) is 0 Å². The van der Waals surface area contributed by atoms with Gasteiger partial charge in [-0.15, -0.1) is 0 Å². The van der Waals surface area contributed by atoms with Crippen LogP contribution in [0.15, 0.2) is 24.3 Å². The number of carbonyl (C=O) groups is 1. The lowest BCUT2D eigenvalue weighted by molar-refractivity contribution is -0.121. The van der Waals surface area contributed by atoms with Gasteiger partial charge in [-0.3, -0.25) is 9.69 Å². The molecule has 2 N–H and O–H groups in total. The van der Waals surface area contributed by atoms with Gasteiger partial charge in [-0.05, 0) is 24.7 Å². The van der Waals surface area contributed by atoms with Gasteiger partial charge in [-0.1, -0.05) is 12.1 Å². The van der Waals surface area contributed by atoms with Crippen molar-refractivity contribution in [3.05, 3.63) is 29.8 Å². The summed E-state index contributed by atoms with van der Waals surface area (Å²) in [6.07, 6.45) is 0.495. The van der Waals surface area contributed by atoms with E-state index in [1.807, 2.05) is 19.2 Å². The standard InChI is InChI=1S/C17H27N3O3/c1-18-8-7-17(21)19-13-16(20-9-11-23-12-10-20)14-3-5-15(22-2)6-4-14/h3-6,16,18H,7-13H2,1-2H3,(H,19,21). The van der Waals surface area contributed by atoms with Crippen LogP contribution in [0.3, 0.4) is 0 Å². The fraction of sp³-hybridized carbons (Fsp3) is 0.588. The van der Waals surface area contributed by atoms with Gasteiger partial charge in [0, 0.05) is 32.6 Å². The second kappa shape index (κ2) is 9.50. The quantitative estimate of drug-likeness (QED) is 0.741. The highest BCUT2D eigenvalue weighted by molar-refractivity contribution is 5.76. The molecule has 0 aromatic heterocycles. The topological polar surface area (TPSA) is 62.8 Å². The van der Waals surface area contributed by atoms with E-state index in [2.05, 4.69) is 27.7 Å². The summed E-state index contributed by atoms with van der Waals surface area (Å²) in [5.74, 6) is 0.915. The molecular weight excluding hydrogens is 294 g/mol. The summed E-state index contributed by atoms with van der Waals surface area (Å²) in [4.78, 5) is 14.3. The van der Waals surface area contributed by atoms with Gasteiger partial charge in [0.2, 0.25) is 5.91 Å². The van der Waals surface area contributed by atoms with Crippen LogP contribution in [0.1, 0.15) is 18.0 Å². The molecule has 0 aliphatic carbocycles. The van der Waals surface area contributed by atoms with Crippen LogP contribution in [0.25, 0.3) is 0 Å². The highest BCUT2D eigenvalue weighted by Crippen LogP contribution is 2.23. The van der Waals surface area contributed by atoms with Gasteiger partial charge in [0.05, 0.1) is 26.4 Å². The number of hydrogen-bond donors (Lipinski definition) is 2. The van der Waals surface area contributed by atoms with Crippen LogP contribution in [-0.2, 0) is 9.53 Å². The Hall–Kier alpha value is -1.63. The Morgan fingerprint density at radius 1 is 1.30 bits per heavy atom. The molecule has 0 radical (unpaired) electrons. The second-order valence-corrected chi connectivity index (χ2v) is 5.59. The van der Waals surface area contributed by atoms with E-state index >= 15 is 0 Å². The van der Waals surface area contributed by atoms with Gasteiger partial charge >= 0.3 is 0 Å². The van der Waals surface area contributed by atoms with Crippen molar-refractivity contribution in [1.82, 2.24) is 15.5 Å². The molecule has 128 valence electrons. The predicted octanol–water partition coefficient (Wildman–Crippen LogP) is 0.794. The van der Waals surface area contributed by atoms with Crippen molar-refractivity contribution in [3.8, 4) is 5.75 Å². The number of ether oxygens (including phenoxy) is 2. The molecule has 1 aliphatic rings. The molecule has 6 nitrogen and oxygen atoms in total. The number of benzene rings is 1. The average molecular weight is 321 g/mol. The average Bonchev–Trinajstić information content (AvgIpc) is 2.61. The fourth-order valence-electron chi connectivity index (χ4n) is 2.71. The zero-order valence-corrected chi connectivity index (χ0v) is 14.0. The number of nitrogens with zero attached hydrogens (tertiary/aromatic N) is 1. The first-order valence-electron chi connectivity index (χ1n) is 8.11. The van der Waals surface area contributed by atoms with Crippen molar-refractivity contribution in [2.45, 2.75) is 12.5 Å². The Bertz CT molecular complexity index is 472. The van der Waals surface area contributed by atoms with Crippen LogP contribution in [0, 0.1) is 0 Å². The Labute approximate surface area is 138 Å². The lowest BCUT2D eigenvalue weighted by atomic mass is 10.0. The van der Waals surface area contributed by atoms with Crippen molar-refractivity contribution in [3.63, 3.8) is 0 Å². The summed E-state index contributed by atoms with van der Waals surface area (Å²) in [7, 11) is 3.51. The Morgan fingerprint density at radius 3 is 2.61 bits per heavy atom. The third kappa shape index (κ3) is 5.49. The largest absolute Gasteiger partial charge is 0.497 e. The van der Waals surface area contributed by atoms with Gasteiger partial charge in [0.25, 0.3) is 0 Å². The Kier molecular flexibility index (Phi) is 7.32. The van der Waals surface area contributed by atoms with Crippen LogP contribution in [0.5, 0.6) is 5.75 Å². The van der Waals surface area contributed by atoms with Crippen molar-refractivity contribution >= 4 is 5.91 Å². The van der Waals surface area contributed by atoms with Crippen LogP contribution < -0.4 is 15.4 Å². The zero-order valence-electron chi connectivity index (χ0n) is 14.0. The monoisotopic (exact) mass is 321 g/mol. The normalized spacial score (nSPS) is 16.8. The number of nitrogens with one attached hydrogen (secondary N) is 2. The minimum Gasteiger partial charge on any atom is -0.497 e. The maximum absolute atomic E-state index is 11.9. The van der Waals surface area contributed by atoms with E-state index in [0.717, 1.165) is 32.1 Å². The van der Waals surface area contributed by atoms with Gasteiger partial charge < -0.3 is 20.1 Å². The second-order valence-electron chi connectivity index (χ2n) is 5.59. The lowest BCUT2D eigenvalue weighted by Crippen LogP contribution is -2.44. The molecule has 6 heteroatoms. The number of morpholine rings is 1. The van der Waals surface area contributed by atoms with E-state index in [9.17, 15) is 4.79 Å². The highest BCUT2D eigenvalue weighted by atomic mass is 16.5. The number of rotatable bonds is 8. The fourth-order valence-corrected chi connectivity index (χ4v) is 2.71. The number of hydrogen-bond acceptors (Lipinski definition) is 5. The third-order valence-corrected chi connectivity index (χ3v) is 4.08. The maximum atomic E-state index is 11.9. The molecule has 1 aromatic rings. The van der Waals surface area contributed by atoms with Gasteiger partial charge in [0.15, 0.2) is 0 Å². The maximum Gasteiger partial charge on any atom is 0.221 e. The molecule has 0 saturated carbocycles. The van der Waals surface area contributed by atoms with Crippen molar-refractivity contribution in [2.24, 2.45) is 0 Å². The predicted molar refractivity (Wildman–Crippen MR) is 89.7 cm³/mol. The van der Waals surface area contributed by atoms with Crippen molar-refractivity contribution < 1.29 is 14.3 Å². The molecule has 1 amide bonds. The SMILES string of the molecule is CNCCC(=O)NCC(c1ccc(OC)cc1)N1CCOCC1. The summed E-state index contributed by atoms with van der Waals surface area (Å²) in [6.45, 7) is 4.53. The van der Waals surface area contributed by atoms with Crippen LogP contribution in [0.2, 0.25) is 0 Å². The zero-order chi connectivity index (χ0) is 16.5. The molecule has 0 bridgehead atoms. The molecule has 1 unspecified atom stereocenters. The summed E-state index contributed by atoms with van der Waals surface area (Å²) in [5, 5.41) is 6.04. The molecular formula is C17H27N3O3. The Morgan fingerprint density at radius 2 is 2.00 bits per heavy atom. The van der Waals surface area contributed by atoms with E-state index < -0.39 is 0 Å². The summed E-state index contributed by atoms with van der Waals surface area (Å²) >= 11 is 0. The third-order valence-electron chi connectivity index (χ3n) is 4.08. The highest BCUT2D eigenvalue weighted by Gasteiger charge is 2.23. The summed E-state index contributed by atoms with van der Waals surface area (Å²) < 4.78 is 10.7. The molecule has 1 atom stereocenters. The van der Waals surface area contributed by atoms with Crippen LogP contribution in [-0.4, -0.2) is 64.4 Å². The first kappa shape index (κ1) is 17.7. The van der Waals surface area contributed by atoms with Crippen LogP contribution in [0.4, 0.5) is 0 Å². The van der Waals surface area contributed by atoms with E-state index in [1.165, 1.54) is 5.56 Å². The van der Waals surface area contributed by atoms with E-state index in [-0.39, 0.29) is 11.9 Å². The molecule has 2 rings (SSSR count). The molecule has 23 heavy (non-hydrogen) atoms. The van der Waals surface area contributed by atoms with Gasteiger partial charge in [-0.2, -0.15) is 0 Å².